The van der Waals surface area contributed by atoms with E-state index in [1.165, 1.54) is 37.1 Å². The molecule has 0 saturated carbocycles. The van der Waals surface area contributed by atoms with Gasteiger partial charge in [-0.2, -0.15) is 0 Å². The number of anilines is 1. The van der Waals surface area contributed by atoms with Crippen molar-refractivity contribution in [1.82, 2.24) is 9.88 Å². The lowest BCUT2D eigenvalue weighted by atomic mass is 10.1. The van der Waals surface area contributed by atoms with Crippen LogP contribution in [0.1, 0.15) is 19.3 Å². The van der Waals surface area contributed by atoms with Crippen LogP contribution in [0.2, 0.25) is 0 Å². The summed E-state index contributed by atoms with van der Waals surface area (Å²) < 4.78 is 1.26. The second-order valence-electron chi connectivity index (χ2n) is 4.82. The lowest BCUT2D eigenvalue weighted by Crippen LogP contribution is -2.33. The van der Waals surface area contributed by atoms with E-state index in [1.54, 1.807) is 11.3 Å². The molecule has 0 bridgehead atoms. The molecule has 1 aromatic carbocycles. The number of piperidine rings is 1. The topological polar surface area (TPSA) is 28.2 Å². The van der Waals surface area contributed by atoms with E-state index in [0.717, 1.165) is 23.7 Å². The van der Waals surface area contributed by atoms with Crippen molar-refractivity contribution < 1.29 is 0 Å². The third-order valence-corrected chi connectivity index (χ3v) is 4.44. The van der Waals surface area contributed by atoms with E-state index >= 15 is 0 Å². The van der Waals surface area contributed by atoms with Crippen LogP contribution in [0, 0.1) is 0 Å². The number of aromatic nitrogens is 1. The molecule has 4 heteroatoms. The maximum atomic E-state index is 4.58. The third-order valence-electron chi connectivity index (χ3n) is 3.45. The molecule has 1 aromatic heterocycles. The van der Waals surface area contributed by atoms with Crippen molar-refractivity contribution >= 4 is 26.7 Å². The Morgan fingerprint density at radius 3 is 2.83 bits per heavy atom. The summed E-state index contributed by atoms with van der Waals surface area (Å²) in [5.74, 6) is 0. The highest BCUT2D eigenvalue weighted by Crippen LogP contribution is 2.25. The van der Waals surface area contributed by atoms with Gasteiger partial charge in [0.15, 0.2) is 5.13 Å². The van der Waals surface area contributed by atoms with Crippen LogP contribution < -0.4 is 5.32 Å². The van der Waals surface area contributed by atoms with Gasteiger partial charge in [0.2, 0.25) is 0 Å². The summed E-state index contributed by atoms with van der Waals surface area (Å²) in [6.45, 7) is 4.67. The molecule has 0 aliphatic carbocycles. The summed E-state index contributed by atoms with van der Waals surface area (Å²) in [5, 5.41) is 4.50. The largest absolute Gasteiger partial charge is 0.360 e. The summed E-state index contributed by atoms with van der Waals surface area (Å²) in [5.41, 5.74) is 1.10. The Morgan fingerprint density at radius 2 is 2.00 bits per heavy atom. The molecular weight excluding hydrogens is 242 g/mol. The molecule has 18 heavy (non-hydrogen) atoms. The molecule has 2 aromatic rings. The quantitative estimate of drug-likeness (QED) is 0.916. The predicted octanol–water partition coefficient (Wildman–Crippen LogP) is 3.19. The molecule has 1 aliphatic heterocycles. The van der Waals surface area contributed by atoms with Gasteiger partial charge in [-0.1, -0.05) is 29.9 Å². The molecule has 96 valence electrons. The van der Waals surface area contributed by atoms with Crippen LogP contribution in [-0.4, -0.2) is 36.1 Å². The van der Waals surface area contributed by atoms with Crippen LogP contribution in [0.15, 0.2) is 24.3 Å². The minimum atomic E-state index is 1.000. The van der Waals surface area contributed by atoms with E-state index in [4.69, 9.17) is 0 Å². The maximum absolute atomic E-state index is 4.58. The average molecular weight is 261 g/mol. The normalized spacial score (nSPS) is 17.1. The fourth-order valence-electron chi connectivity index (χ4n) is 2.45. The van der Waals surface area contributed by atoms with Crippen LogP contribution >= 0.6 is 11.3 Å². The Morgan fingerprint density at radius 1 is 1.17 bits per heavy atom. The Balaban J connectivity index is 1.53. The predicted molar refractivity (Wildman–Crippen MR) is 78.4 cm³/mol. The second kappa shape index (κ2) is 5.67. The number of benzene rings is 1. The molecule has 0 amide bonds. The SMILES string of the molecule is c1ccc2sc(NCCN3CCCCC3)nc2c1. The van der Waals surface area contributed by atoms with E-state index in [-0.39, 0.29) is 0 Å². The maximum Gasteiger partial charge on any atom is 0.183 e. The first-order chi connectivity index (χ1) is 8.92. The number of thiazole rings is 1. The number of nitrogens with one attached hydrogen (secondary N) is 1. The molecule has 1 N–H and O–H groups in total. The van der Waals surface area contributed by atoms with Gasteiger partial charge < -0.3 is 10.2 Å². The van der Waals surface area contributed by atoms with Gasteiger partial charge >= 0.3 is 0 Å². The van der Waals surface area contributed by atoms with Crippen LogP contribution in [0.25, 0.3) is 10.2 Å². The van der Waals surface area contributed by atoms with Gasteiger partial charge in [0.25, 0.3) is 0 Å². The summed E-state index contributed by atoms with van der Waals surface area (Å²) in [4.78, 5) is 7.13. The van der Waals surface area contributed by atoms with Crippen LogP contribution in [0.3, 0.4) is 0 Å². The van der Waals surface area contributed by atoms with Gasteiger partial charge in [-0.05, 0) is 38.1 Å². The van der Waals surface area contributed by atoms with E-state index in [2.05, 4.69) is 33.4 Å². The summed E-state index contributed by atoms with van der Waals surface area (Å²) in [7, 11) is 0. The van der Waals surface area contributed by atoms with Gasteiger partial charge in [-0.3, -0.25) is 0 Å². The highest BCUT2D eigenvalue weighted by Gasteiger charge is 2.09. The average Bonchev–Trinajstić information content (AvgIpc) is 2.82. The van der Waals surface area contributed by atoms with Gasteiger partial charge in [0.05, 0.1) is 10.2 Å². The lowest BCUT2D eigenvalue weighted by molar-refractivity contribution is 0.237. The molecule has 0 spiro atoms. The Labute approximate surface area is 112 Å². The van der Waals surface area contributed by atoms with Crippen LogP contribution in [0.4, 0.5) is 5.13 Å². The highest BCUT2D eigenvalue weighted by molar-refractivity contribution is 7.22. The van der Waals surface area contributed by atoms with E-state index in [0.29, 0.717) is 0 Å². The van der Waals surface area contributed by atoms with Crippen molar-refractivity contribution in [3.63, 3.8) is 0 Å². The smallest absolute Gasteiger partial charge is 0.183 e. The third kappa shape index (κ3) is 2.82. The lowest BCUT2D eigenvalue weighted by Gasteiger charge is -2.26. The monoisotopic (exact) mass is 261 g/mol. The first-order valence-corrected chi connectivity index (χ1v) is 7.55. The zero-order valence-corrected chi connectivity index (χ0v) is 11.4. The number of nitrogens with zero attached hydrogens (tertiary/aromatic N) is 2. The zero-order valence-electron chi connectivity index (χ0n) is 10.6. The Bertz CT molecular complexity index is 469. The van der Waals surface area contributed by atoms with Crippen molar-refractivity contribution in [2.75, 3.05) is 31.5 Å². The molecule has 2 heterocycles. The Hall–Kier alpha value is -1.13. The number of likely N-dealkylation sites (tertiary alicyclic amines) is 1. The zero-order chi connectivity index (χ0) is 12.2. The standard InChI is InChI=1S/C14H19N3S/c1-4-9-17(10-5-1)11-8-15-14-16-12-6-2-3-7-13(12)18-14/h2-3,6-7H,1,4-5,8-11H2,(H,15,16). The minimum absolute atomic E-state index is 1.000. The number of fused-ring (bicyclic) bond motifs is 1. The van der Waals surface area contributed by atoms with Crippen molar-refractivity contribution in [2.45, 2.75) is 19.3 Å². The first kappa shape index (κ1) is 11.9. The fraction of sp³-hybridized carbons (Fsp3) is 0.500. The van der Waals surface area contributed by atoms with Gasteiger partial charge in [0.1, 0.15) is 0 Å². The molecule has 1 fully saturated rings. The fourth-order valence-corrected chi connectivity index (χ4v) is 3.34. The van der Waals surface area contributed by atoms with E-state index < -0.39 is 0 Å². The van der Waals surface area contributed by atoms with Crippen LogP contribution in [-0.2, 0) is 0 Å². The van der Waals surface area contributed by atoms with Crippen molar-refractivity contribution in [3.8, 4) is 0 Å². The molecule has 3 nitrogen and oxygen atoms in total. The van der Waals surface area contributed by atoms with Crippen molar-refractivity contribution in [2.24, 2.45) is 0 Å². The second-order valence-corrected chi connectivity index (χ2v) is 5.85. The van der Waals surface area contributed by atoms with Crippen LogP contribution in [0.5, 0.6) is 0 Å². The highest BCUT2D eigenvalue weighted by atomic mass is 32.1. The Kier molecular flexibility index (Phi) is 3.76. The van der Waals surface area contributed by atoms with Gasteiger partial charge in [0, 0.05) is 13.1 Å². The van der Waals surface area contributed by atoms with Gasteiger partial charge in [-0.25, -0.2) is 4.98 Å². The summed E-state index contributed by atoms with van der Waals surface area (Å²) in [6, 6.07) is 8.31. The first-order valence-electron chi connectivity index (χ1n) is 6.74. The number of hydrogen-bond acceptors (Lipinski definition) is 4. The molecule has 1 aliphatic rings. The minimum Gasteiger partial charge on any atom is -0.360 e. The van der Waals surface area contributed by atoms with E-state index in [1.807, 2.05) is 6.07 Å². The van der Waals surface area contributed by atoms with Gasteiger partial charge in [-0.15, -0.1) is 0 Å². The van der Waals surface area contributed by atoms with Crippen molar-refractivity contribution in [3.05, 3.63) is 24.3 Å². The number of hydrogen-bond donors (Lipinski definition) is 1. The molecular formula is C14H19N3S. The molecule has 1 saturated heterocycles. The number of para-hydroxylation sites is 1. The van der Waals surface area contributed by atoms with Crippen molar-refractivity contribution in [1.29, 1.82) is 0 Å². The van der Waals surface area contributed by atoms with E-state index in [9.17, 15) is 0 Å². The molecule has 0 unspecified atom stereocenters. The molecule has 0 radical (unpaired) electrons. The summed E-state index contributed by atoms with van der Waals surface area (Å²) in [6.07, 6.45) is 4.13. The number of rotatable bonds is 4. The molecule has 3 rings (SSSR count). The molecule has 0 atom stereocenters. The summed E-state index contributed by atoms with van der Waals surface area (Å²) >= 11 is 1.74.